The molecule has 1 fully saturated rings. The fraction of sp³-hybridized carbons (Fsp3) is 0.588. The Morgan fingerprint density at radius 3 is 2.50 bits per heavy atom. The number of rotatable bonds is 9. The summed E-state index contributed by atoms with van der Waals surface area (Å²) in [5.74, 6) is -0.234. The molecule has 0 aliphatic carbocycles. The predicted molar refractivity (Wildman–Crippen MR) is 109 cm³/mol. The zero-order valence-corrected chi connectivity index (χ0v) is 17.6. The largest absolute Gasteiger partial charge is 0.337 e. The van der Waals surface area contributed by atoms with E-state index in [1.807, 2.05) is 0 Å². The van der Waals surface area contributed by atoms with Gasteiger partial charge in [-0.05, 0) is 37.8 Å². The van der Waals surface area contributed by atoms with E-state index in [1.165, 1.54) is 0 Å². The van der Waals surface area contributed by atoms with Gasteiger partial charge in [0.05, 0.1) is 12.0 Å². The number of para-hydroxylation sites is 1. The van der Waals surface area contributed by atoms with E-state index in [0.717, 1.165) is 25.5 Å². The van der Waals surface area contributed by atoms with Crippen LogP contribution in [0.25, 0.3) is 0 Å². The highest BCUT2D eigenvalue weighted by Gasteiger charge is 2.26. The second-order valence-corrected chi connectivity index (χ2v) is 10.5. The second-order valence-electron chi connectivity index (χ2n) is 6.82. The molecule has 1 aromatic rings. The number of urea groups is 1. The van der Waals surface area contributed by atoms with E-state index in [0.29, 0.717) is 18.7 Å². The van der Waals surface area contributed by atoms with Crippen molar-refractivity contribution in [3.8, 4) is 0 Å². The average Bonchev–Trinajstić information content (AvgIpc) is 2.61. The Morgan fingerprint density at radius 2 is 1.82 bits per heavy atom. The summed E-state index contributed by atoms with van der Waals surface area (Å²) in [6.07, 6.45) is 4.27. The lowest BCUT2D eigenvalue weighted by molar-refractivity contribution is 0.147. The van der Waals surface area contributed by atoms with Crippen LogP contribution in [0.4, 0.5) is 10.5 Å². The topological polar surface area (TPSA) is 125 Å². The lowest BCUT2D eigenvalue weighted by Gasteiger charge is -2.35. The van der Waals surface area contributed by atoms with Gasteiger partial charge in [-0.3, -0.25) is 4.72 Å². The highest BCUT2D eigenvalue weighted by molar-refractivity contribution is 7.92. The van der Waals surface area contributed by atoms with Gasteiger partial charge in [-0.25, -0.2) is 26.4 Å². The highest BCUT2D eigenvalue weighted by Crippen LogP contribution is 2.19. The van der Waals surface area contributed by atoms with E-state index in [2.05, 4.69) is 14.8 Å². The molecule has 0 radical (unpaired) electrons. The molecule has 1 atom stereocenters. The van der Waals surface area contributed by atoms with Crippen LogP contribution in [0.15, 0.2) is 30.3 Å². The summed E-state index contributed by atoms with van der Waals surface area (Å²) in [6.45, 7) is 0.832. The number of benzene rings is 1. The van der Waals surface area contributed by atoms with Crippen molar-refractivity contribution in [1.82, 2.24) is 14.9 Å². The molecular formula is C17H28N4O5S2. The molecule has 0 aromatic heterocycles. The number of sulfonamides is 2. The summed E-state index contributed by atoms with van der Waals surface area (Å²) in [6, 6.07) is 8.17. The van der Waals surface area contributed by atoms with Crippen molar-refractivity contribution in [3.63, 3.8) is 0 Å². The maximum atomic E-state index is 12.5. The van der Waals surface area contributed by atoms with Crippen LogP contribution in [0.3, 0.4) is 0 Å². The molecule has 1 heterocycles. The standard InChI is InChI=1S/C17H28N4O5S2/c1-27(23,24)19-11-10-16-9-5-6-13-21(16)17(22)18-12-14-28(25,26)20-15-7-3-2-4-8-15/h2-4,7-8,16,19-20H,5-6,9-14H2,1H3,(H,18,22)/t16-/m1/s1. The summed E-state index contributed by atoms with van der Waals surface area (Å²) in [4.78, 5) is 14.1. The van der Waals surface area contributed by atoms with Gasteiger partial charge in [0.15, 0.2) is 0 Å². The van der Waals surface area contributed by atoms with Crippen LogP contribution in [0, 0.1) is 0 Å². The summed E-state index contributed by atoms with van der Waals surface area (Å²) >= 11 is 0. The zero-order chi connectivity index (χ0) is 20.6. The van der Waals surface area contributed by atoms with Crippen LogP contribution in [0.1, 0.15) is 25.7 Å². The van der Waals surface area contributed by atoms with Gasteiger partial charge in [-0.2, -0.15) is 0 Å². The van der Waals surface area contributed by atoms with Gasteiger partial charge in [-0.15, -0.1) is 0 Å². The predicted octanol–water partition coefficient (Wildman–Crippen LogP) is 0.932. The van der Waals surface area contributed by atoms with Crippen molar-refractivity contribution in [1.29, 1.82) is 0 Å². The van der Waals surface area contributed by atoms with E-state index in [1.54, 1.807) is 35.2 Å². The molecule has 1 aliphatic heterocycles. The van der Waals surface area contributed by atoms with Gasteiger partial charge < -0.3 is 10.2 Å². The Hall–Kier alpha value is -1.85. The van der Waals surface area contributed by atoms with Gasteiger partial charge >= 0.3 is 6.03 Å². The monoisotopic (exact) mass is 432 g/mol. The van der Waals surface area contributed by atoms with Crippen LogP contribution < -0.4 is 14.8 Å². The quantitative estimate of drug-likeness (QED) is 0.535. The number of nitrogens with one attached hydrogen (secondary N) is 3. The fourth-order valence-electron chi connectivity index (χ4n) is 3.11. The molecule has 9 nitrogen and oxygen atoms in total. The van der Waals surface area contributed by atoms with Gasteiger partial charge in [0.1, 0.15) is 0 Å². The molecule has 1 saturated heterocycles. The molecule has 28 heavy (non-hydrogen) atoms. The first-order chi connectivity index (χ1) is 13.2. The van der Waals surface area contributed by atoms with Crippen LogP contribution in [-0.4, -0.2) is 65.5 Å². The molecule has 0 unspecified atom stereocenters. The third-order valence-electron chi connectivity index (χ3n) is 4.42. The lowest BCUT2D eigenvalue weighted by Crippen LogP contribution is -2.50. The van der Waals surface area contributed by atoms with E-state index in [4.69, 9.17) is 0 Å². The minimum Gasteiger partial charge on any atom is -0.337 e. The Labute approximate surface area is 167 Å². The van der Waals surface area contributed by atoms with Crippen LogP contribution in [0.5, 0.6) is 0 Å². The van der Waals surface area contributed by atoms with Crippen molar-refractivity contribution in [2.45, 2.75) is 31.7 Å². The van der Waals surface area contributed by atoms with E-state index >= 15 is 0 Å². The number of hydrogen-bond donors (Lipinski definition) is 3. The van der Waals surface area contributed by atoms with Crippen molar-refractivity contribution in [2.24, 2.45) is 0 Å². The minimum atomic E-state index is -3.57. The zero-order valence-electron chi connectivity index (χ0n) is 15.9. The third kappa shape index (κ3) is 8.03. The molecule has 1 aromatic carbocycles. The van der Waals surface area contributed by atoms with Crippen LogP contribution in [0.2, 0.25) is 0 Å². The van der Waals surface area contributed by atoms with E-state index in [9.17, 15) is 21.6 Å². The van der Waals surface area contributed by atoms with Crippen LogP contribution >= 0.6 is 0 Å². The fourth-order valence-corrected chi connectivity index (χ4v) is 4.57. The number of hydrogen-bond acceptors (Lipinski definition) is 5. The Bertz CT molecular complexity index is 844. The number of anilines is 1. The summed E-state index contributed by atoms with van der Waals surface area (Å²) in [5, 5.41) is 2.66. The molecule has 11 heteroatoms. The number of piperidine rings is 1. The first kappa shape index (κ1) is 22.4. The van der Waals surface area contributed by atoms with Gasteiger partial charge in [-0.1, -0.05) is 18.2 Å². The van der Waals surface area contributed by atoms with Crippen molar-refractivity contribution in [3.05, 3.63) is 30.3 Å². The molecule has 2 amide bonds. The number of amides is 2. The first-order valence-corrected chi connectivity index (χ1v) is 12.8. The summed E-state index contributed by atoms with van der Waals surface area (Å²) < 4.78 is 51.5. The Balaban J connectivity index is 1.81. The Morgan fingerprint density at radius 1 is 1.11 bits per heavy atom. The maximum Gasteiger partial charge on any atom is 0.317 e. The SMILES string of the molecule is CS(=O)(=O)NCC[C@H]1CCCCN1C(=O)NCCS(=O)(=O)Nc1ccccc1. The van der Waals surface area contributed by atoms with E-state index in [-0.39, 0.29) is 30.9 Å². The molecule has 0 spiro atoms. The normalized spacial score (nSPS) is 17.9. The molecule has 2 rings (SSSR count). The molecule has 3 N–H and O–H groups in total. The van der Waals surface area contributed by atoms with E-state index < -0.39 is 20.0 Å². The first-order valence-electron chi connectivity index (χ1n) is 9.21. The van der Waals surface area contributed by atoms with Crippen molar-refractivity contribution < 1.29 is 21.6 Å². The minimum absolute atomic E-state index is 0.00813. The molecule has 158 valence electrons. The lowest BCUT2D eigenvalue weighted by atomic mass is 10.00. The summed E-state index contributed by atoms with van der Waals surface area (Å²) in [7, 11) is -6.83. The number of nitrogens with zero attached hydrogens (tertiary/aromatic N) is 1. The van der Waals surface area contributed by atoms with Gasteiger partial charge in [0.2, 0.25) is 20.0 Å². The molecule has 0 bridgehead atoms. The number of carbonyl (C=O) groups excluding carboxylic acids is 1. The smallest absolute Gasteiger partial charge is 0.317 e. The van der Waals surface area contributed by atoms with Gasteiger partial charge in [0.25, 0.3) is 0 Å². The highest BCUT2D eigenvalue weighted by atomic mass is 32.2. The third-order valence-corrected chi connectivity index (χ3v) is 6.44. The Kier molecular flexibility index (Phi) is 8.08. The number of carbonyl (C=O) groups is 1. The van der Waals surface area contributed by atoms with Crippen molar-refractivity contribution in [2.75, 3.05) is 36.4 Å². The molecule has 0 saturated carbocycles. The van der Waals surface area contributed by atoms with Crippen LogP contribution in [-0.2, 0) is 20.0 Å². The maximum absolute atomic E-state index is 12.5. The van der Waals surface area contributed by atoms with Crippen molar-refractivity contribution >= 4 is 31.8 Å². The average molecular weight is 433 g/mol. The van der Waals surface area contributed by atoms with Gasteiger partial charge in [0, 0.05) is 31.4 Å². The molecular weight excluding hydrogens is 404 g/mol. The summed E-state index contributed by atoms with van der Waals surface area (Å²) in [5.41, 5.74) is 0.475. The second kappa shape index (κ2) is 10.1. The number of likely N-dealkylation sites (tertiary alicyclic amines) is 1. The molecule has 1 aliphatic rings.